The van der Waals surface area contributed by atoms with Crippen molar-refractivity contribution < 1.29 is 0 Å². The summed E-state index contributed by atoms with van der Waals surface area (Å²) in [7, 11) is 0. The Morgan fingerprint density at radius 3 is 3.11 bits per heavy atom. The van der Waals surface area contributed by atoms with Crippen molar-refractivity contribution in [3.05, 3.63) is 46.0 Å². The van der Waals surface area contributed by atoms with Crippen LogP contribution in [-0.4, -0.2) is 28.5 Å². The van der Waals surface area contributed by atoms with Crippen molar-refractivity contribution in [2.24, 2.45) is 4.99 Å². The van der Waals surface area contributed by atoms with E-state index >= 15 is 0 Å². The Bertz CT molecular complexity index is 527. The highest BCUT2D eigenvalue weighted by Crippen LogP contribution is 2.32. The first-order chi connectivity index (χ1) is 8.76. The minimum atomic E-state index is 0.304. The number of fused-ring (bicyclic) bond motifs is 1. The molecule has 0 fully saturated rings. The summed E-state index contributed by atoms with van der Waals surface area (Å²) in [4.78, 5) is 6.94. The summed E-state index contributed by atoms with van der Waals surface area (Å²) in [5.74, 6) is 0.551. The lowest BCUT2D eigenvalue weighted by Gasteiger charge is -2.16. The van der Waals surface area contributed by atoms with Crippen molar-refractivity contribution in [3.63, 3.8) is 0 Å². The monoisotopic (exact) mass is 298 g/mol. The number of halogens is 2. The molecule has 0 N–H and O–H groups in total. The van der Waals surface area contributed by atoms with Crippen LogP contribution in [0, 0.1) is 0 Å². The molecule has 3 rings (SSSR count). The number of hydrogen-bond acceptors (Lipinski definition) is 3. The van der Waals surface area contributed by atoms with Gasteiger partial charge in [-0.1, -0.05) is 35.5 Å². The molecule has 2 aliphatic heterocycles. The highest BCUT2D eigenvalue weighted by Gasteiger charge is 2.31. The molecule has 94 valence electrons. The Labute approximate surface area is 121 Å². The molecule has 0 saturated heterocycles. The lowest BCUT2D eigenvalue weighted by atomic mass is 10.1. The maximum absolute atomic E-state index is 5.99. The Hall–Kier alpha value is -0.640. The highest BCUT2D eigenvalue weighted by molar-refractivity contribution is 8.16. The molecule has 1 unspecified atom stereocenters. The van der Waals surface area contributed by atoms with Crippen LogP contribution < -0.4 is 0 Å². The number of amidine groups is 1. The molecule has 0 amide bonds. The average Bonchev–Trinajstić information content (AvgIpc) is 2.88. The van der Waals surface area contributed by atoms with Gasteiger partial charge in [0.2, 0.25) is 0 Å². The zero-order chi connectivity index (χ0) is 12.5. The predicted octanol–water partition coefficient (Wildman–Crippen LogP) is 3.75. The Morgan fingerprint density at radius 1 is 1.44 bits per heavy atom. The van der Waals surface area contributed by atoms with Crippen LogP contribution in [0.2, 0.25) is 5.02 Å². The molecule has 0 aliphatic carbocycles. The minimum Gasteiger partial charge on any atom is -0.321 e. The van der Waals surface area contributed by atoms with Crippen LogP contribution in [0.4, 0.5) is 0 Å². The van der Waals surface area contributed by atoms with Gasteiger partial charge in [0.25, 0.3) is 0 Å². The molecule has 0 bridgehead atoms. The van der Waals surface area contributed by atoms with Gasteiger partial charge in [-0.25, -0.2) is 0 Å². The van der Waals surface area contributed by atoms with Crippen molar-refractivity contribution >= 4 is 40.1 Å². The number of thioether (sulfide) groups is 1. The molecule has 5 heteroatoms. The molecule has 1 aromatic carbocycles. The van der Waals surface area contributed by atoms with E-state index in [0.29, 0.717) is 11.9 Å². The molecule has 2 aliphatic rings. The second-order valence-electron chi connectivity index (χ2n) is 4.37. The molecular weight excluding hydrogens is 287 g/mol. The van der Waals surface area contributed by atoms with E-state index in [0.717, 1.165) is 28.9 Å². The van der Waals surface area contributed by atoms with Crippen LogP contribution in [-0.2, 0) is 6.42 Å². The van der Waals surface area contributed by atoms with Crippen LogP contribution in [0.1, 0.15) is 5.56 Å². The maximum Gasteiger partial charge on any atom is 0.168 e. The summed E-state index contributed by atoms with van der Waals surface area (Å²) in [6.07, 6.45) is 0.927. The van der Waals surface area contributed by atoms with Gasteiger partial charge in [-0.2, -0.15) is 0 Å². The normalized spacial score (nSPS) is 21.9. The van der Waals surface area contributed by atoms with Crippen LogP contribution >= 0.6 is 35.0 Å². The van der Waals surface area contributed by atoms with Crippen LogP contribution in [0.3, 0.4) is 0 Å². The molecule has 0 radical (unpaired) electrons. The van der Waals surface area contributed by atoms with Gasteiger partial charge in [0, 0.05) is 17.3 Å². The fourth-order valence-electron chi connectivity index (χ4n) is 2.22. The van der Waals surface area contributed by atoms with Crippen molar-refractivity contribution in [1.29, 1.82) is 0 Å². The molecule has 0 saturated carbocycles. The van der Waals surface area contributed by atoms with Crippen molar-refractivity contribution in [2.75, 3.05) is 12.4 Å². The van der Waals surface area contributed by atoms with E-state index in [9.17, 15) is 0 Å². The molecule has 2 nitrogen and oxygen atoms in total. The van der Waals surface area contributed by atoms with Gasteiger partial charge in [0.05, 0.1) is 11.9 Å². The third kappa shape index (κ3) is 2.40. The van der Waals surface area contributed by atoms with E-state index < -0.39 is 0 Å². The third-order valence-corrected chi connectivity index (χ3v) is 4.50. The fourth-order valence-corrected chi connectivity index (χ4v) is 3.73. The van der Waals surface area contributed by atoms with Crippen molar-refractivity contribution in [2.45, 2.75) is 12.5 Å². The molecule has 0 aromatic heterocycles. The zero-order valence-corrected chi connectivity index (χ0v) is 12.0. The zero-order valence-electron chi connectivity index (χ0n) is 9.64. The number of nitrogens with zero attached hydrogens (tertiary/aromatic N) is 2. The van der Waals surface area contributed by atoms with E-state index in [4.69, 9.17) is 28.2 Å². The molecular formula is C13H12Cl2N2S. The van der Waals surface area contributed by atoms with Crippen LogP contribution in [0.5, 0.6) is 0 Å². The number of alkyl halides is 1. The predicted molar refractivity (Wildman–Crippen MR) is 79.5 cm³/mol. The molecule has 18 heavy (non-hydrogen) atoms. The van der Waals surface area contributed by atoms with E-state index in [1.54, 1.807) is 11.8 Å². The summed E-state index contributed by atoms with van der Waals surface area (Å²) in [5, 5.41) is 3.95. The van der Waals surface area contributed by atoms with Gasteiger partial charge in [-0.3, -0.25) is 4.99 Å². The SMILES string of the molecule is ClCC1=CSC2=NC(Cc3cccc(Cl)c3)CN12. The first kappa shape index (κ1) is 12.4. The van der Waals surface area contributed by atoms with Crippen molar-refractivity contribution in [3.8, 4) is 0 Å². The summed E-state index contributed by atoms with van der Waals surface area (Å²) in [6, 6.07) is 8.29. The molecule has 1 aromatic rings. The van der Waals surface area contributed by atoms with Gasteiger partial charge >= 0.3 is 0 Å². The first-order valence-corrected chi connectivity index (χ1v) is 7.57. The van der Waals surface area contributed by atoms with Gasteiger partial charge in [-0.15, -0.1) is 11.6 Å². The minimum absolute atomic E-state index is 0.304. The smallest absolute Gasteiger partial charge is 0.168 e. The third-order valence-electron chi connectivity index (χ3n) is 3.06. The van der Waals surface area contributed by atoms with E-state index in [2.05, 4.69) is 16.4 Å². The number of allylic oxidation sites excluding steroid dienone is 1. The van der Waals surface area contributed by atoms with E-state index in [-0.39, 0.29) is 0 Å². The van der Waals surface area contributed by atoms with E-state index in [1.165, 1.54) is 5.56 Å². The highest BCUT2D eigenvalue weighted by atomic mass is 35.5. The maximum atomic E-state index is 5.99. The lowest BCUT2D eigenvalue weighted by Crippen LogP contribution is -2.25. The first-order valence-electron chi connectivity index (χ1n) is 5.77. The Morgan fingerprint density at radius 2 is 2.33 bits per heavy atom. The van der Waals surface area contributed by atoms with E-state index in [1.807, 2.05) is 18.2 Å². The average molecular weight is 299 g/mol. The van der Waals surface area contributed by atoms with Gasteiger partial charge < -0.3 is 4.90 Å². The molecule has 0 spiro atoms. The Kier molecular flexibility index (Phi) is 3.55. The van der Waals surface area contributed by atoms with Gasteiger partial charge in [-0.05, 0) is 29.5 Å². The van der Waals surface area contributed by atoms with Gasteiger partial charge in [0.1, 0.15) is 0 Å². The summed E-state index contributed by atoms with van der Waals surface area (Å²) in [5.41, 5.74) is 2.40. The van der Waals surface area contributed by atoms with Gasteiger partial charge in [0.15, 0.2) is 5.17 Å². The number of benzene rings is 1. The summed E-state index contributed by atoms with van der Waals surface area (Å²) < 4.78 is 0. The topological polar surface area (TPSA) is 15.6 Å². The lowest BCUT2D eigenvalue weighted by molar-refractivity contribution is 0.511. The second-order valence-corrected chi connectivity index (χ2v) is 5.91. The van der Waals surface area contributed by atoms with Crippen molar-refractivity contribution in [1.82, 2.24) is 4.90 Å². The fraction of sp³-hybridized carbons (Fsp3) is 0.308. The second kappa shape index (κ2) is 5.16. The standard InChI is InChI=1S/C13H12Cl2N2S/c14-6-12-8-18-13-16-11(7-17(12)13)5-9-2-1-3-10(15)4-9/h1-4,8,11H,5-7H2. The summed E-state index contributed by atoms with van der Waals surface area (Å²) >= 11 is 13.6. The molecule has 1 atom stereocenters. The number of hydrogen-bond donors (Lipinski definition) is 0. The number of aliphatic imine (C=N–C) groups is 1. The summed E-state index contributed by atoms with van der Waals surface area (Å²) in [6.45, 7) is 0.924. The quantitative estimate of drug-likeness (QED) is 0.790. The largest absolute Gasteiger partial charge is 0.321 e. The Balaban J connectivity index is 1.69. The molecule has 2 heterocycles. The van der Waals surface area contributed by atoms with Crippen LogP contribution in [0.15, 0.2) is 40.4 Å². The number of rotatable bonds is 3. The van der Waals surface area contributed by atoms with Crippen LogP contribution in [0.25, 0.3) is 0 Å².